The van der Waals surface area contributed by atoms with E-state index in [0.29, 0.717) is 5.56 Å². The van der Waals surface area contributed by atoms with Gasteiger partial charge in [0, 0.05) is 74.1 Å². The second kappa shape index (κ2) is 21.8. The highest BCUT2D eigenvalue weighted by Gasteiger charge is 2.23. The summed E-state index contributed by atoms with van der Waals surface area (Å²) in [6.07, 6.45) is 9.59. The van der Waals surface area contributed by atoms with Gasteiger partial charge < -0.3 is 4.57 Å². The van der Waals surface area contributed by atoms with E-state index in [9.17, 15) is 5.26 Å². The van der Waals surface area contributed by atoms with Crippen molar-refractivity contribution in [2.24, 2.45) is 0 Å². The van der Waals surface area contributed by atoms with Gasteiger partial charge in [-0.15, -0.1) is 0 Å². The first-order valence-electron chi connectivity index (χ1n) is 29.3. The van der Waals surface area contributed by atoms with Crippen molar-refractivity contribution in [3.05, 3.63) is 310 Å². The fourth-order valence-corrected chi connectivity index (χ4v) is 12.5. The first kappa shape index (κ1) is 51.5. The van der Waals surface area contributed by atoms with Crippen molar-refractivity contribution in [1.82, 2.24) is 34.1 Å². The standard InChI is InChI=1S/C80H50N8/c81-50-52-14-13-23-65(40-52)66-49-80(88-77-30-26-59(63-34-38-84-73(47-63)55-19-9-3-10-20-55)43-69(77)70-44-60(27-31-78(70)88)64-35-39-85-74(48-64)56-21-11-4-12-22-56)86-51-79(66)87-75-28-24-57(61-32-36-82-71(45-61)53-15-5-1-6-16-53)41-67(75)68-42-58(25-29-76(68)87)62-33-37-83-72(46-62)54-17-7-2-8-18-54/h1-49,51H. The monoisotopic (exact) mass is 1120 g/mol. The number of benzene rings is 9. The summed E-state index contributed by atoms with van der Waals surface area (Å²) >= 11 is 0. The summed E-state index contributed by atoms with van der Waals surface area (Å²) < 4.78 is 4.62. The molecule has 0 bridgehead atoms. The van der Waals surface area contributed by atoms with Gasteiger partial charge in [0.05, 0.1) is 68.4 Å². The Bertz CT molecular complexity index is 5110. The zero-order chi connectivity index (χ0) is 58.5. The Morgan fingerprint density at radius 2 is 0.591 bits per heavy atom. The summed E-state index contributed by atoms with van der Waals surface area (Å²) in [7, 11) is 0. The second-order valence-electron chi connectivity index (χ2n) is 22.0. The number of hydrogen-bond acceptors (Lipinski definition) is 6. The highest BCUT2D eigenvalue weighted by molar-refractivity contribution is 6.13. The molecular formula is C80H50N8. The molecule has 7 aromatic heterocycles. The summed E-state index contributed by atoms with van der Waals surface area (Å²) in [5.74, 6) is 0.733. The molecule has 8 nitrogen and oxygen atoms in total. The average Bonchev–Trinajstić information content (AvgIpc) is 2.21. The van der Waals surface area contributed by atoms with Crippen LogP contribution in [0, 0.1) is 11.3 Å². The van der Waals surface area contributed by atoms with Gasteiger partial charge >= 0.3 is 0 Å². The fourth-order valence-electron chi connectivity index (χ4n) is 12.5. The number of hydrogen-bond donors (Lipinski definition) is 0. The molecule has 0 fully saturated rings. The Balaban J connectivity index is 0.906. The van der Waals surface area contributed by atoms with E-state index in [1.807, 2.05) is 122 Å². The molecule has 0 N–H and O–H groups in total. The van der Waals surface area contributed by atoms with Crippen LogP contribution in [0.15, 0.2) is 304 Å². The number of aromatic nitrogens is 7. The van der Waals surface area contributed by atoms with Crippen molar-refractivity contribution in [2.45, 2.75) is 0 Å². The summed E-state index contributed by atoms with van der Waals surface area (Å²) in [6.45, 7) is 0. The van der Waals surface area contributed by atoms with Gasteiger partial charge in [0.2, 0.25) is 0 Å². The number of pyridine rings is 5. The van der Waals surface area contributed by atoms with Crippen LogP contribution in [0.5, 0.6) is 0 Å². The number of nitrogens with zero attached hydrogens (tertiary/aromatic N) is 8. The molecule has 0 spiro atoms. The van der Waals surface area contributed by atoms with Crippen LogP contribution in [0.1, 0.15) is 5.56 Å². The molecule has 0 amide bonds. The lowest BCUT2D eigenvalue weighted by molar-refractivity contribution is 1.06. The molecule has 16 aromatic rings. The lowest BCUT2D eigenvalue weighted by atomic mass is 9.99. The third-order valence-electron chi connectivity index (χ3n) is 16.8. The van der Waals surface area contributed by atoms with Crippen molar-refractivity contribution in [3.63, 3.8) is 0 Å². The summed E-state index contributed by atoms with van der Waals surface area (Å²) in [5.41, 5.74) is 23.7. The molecule has 16 rings (SSSR count). The highest BCUT2D eigenvalue weighted by Crippen LogP contribution is 2.43. The molecule has 0 saturated heterocycles. The van der Waals surface area contributed by atoms with E-state index in [4.69, 9.17) is 24.9 Å². The van der Waals surface area contributed by atoms with Crippen LogP contribution in [-0.2, 0) is 0 Å². The van der Waals surface area contributed by atoms with Crippen LogP contribution in [0.2, 0.25) is 0 Å². The van der Waals surface area contributed by atoms with Crippen LogP contribution in [0.4, 0.5) is 0 Å². The van der Waals surface area contributed by atoms with E-state index in [2.05, 4.69) is 197 Å². The molecule has 410 valence electrons. The second-order valence-corrected chi connectivity index (χ2v) is 22.0. The number of rotatable bonds is 11. The van der Waals surface area contributed by atoms with Gasteiger partial charge in [-0.2, -0.15) is 5.26 Å². The van der Waals surface area contributed by atoms with Crippen molar-refractivity contribution in [3.8, 4) is 118 Å². The van der Waals surface area contributed by atoms with Gasteiger partial charge in [0.1, 0.15) is 5.82 Å². The lowest BCUT2D eigenvalue weighted by Gasteiger charge is -2.17. The third kappa shape index (κ3) is 9.33. The Hall–Kier alpha value is -12.2. The SMILES string of the molecule is N#Cc1cccc(-c2cc(-n3c4ccc(-c5ccnc(-c6ccccc6)c5)cc4c4cc(-c5ccnc(-c6ccccc6)c5)ccc43)ncc2-n2c3ccc(-c4ccnc(-c5ccccc5)c4)cc3c3cc(-c4ccnc(-c5ccccc5)c4)ccc32)c1. The van der Waals surface area contributed by atoms with Gasteiger partial charge in [0.15, 0.2) is 0 Å². The molecule has 0 aliphatic rings. The fraction of sp³-hybridized carbons (Fsp3) is 0. The topological polar surface area (TPSA) is 98.1 Å². The van der Waals surface area contributed by atoms with Crippen LogP contribution >= 0.6 is 0 Å². The number of nitriles is 1. The third-order valence-corrected chi connectivity index (χ3v) is 16.8. The predicted molar refractivity (Wildman–Crippen MR) is 358 cm³/mol. The van der Waals surface area contributed by atoms with Gasteiger partial charge in [-0.1, -0.05) is 158 Å². The normalized spacial score (nSPS) is 11.4. The van der Waals surface area contributed by atoms with E-state index < -0.39 is 0 Å². The van der Waals surface area contributed by atoms with Crippen molar-refractivity contribution >= 4 is 43.6 Å². The minimum Gasteiger partial charge on any atom is -0.307 e. The van der Waals surface area contributed by atoms with Crippen molar-refractivity contribution in [2.75, 3.05) is 0 Å². The number of fused-ring (bicyclic) bond motifs is 6. The zero-order valence-corrected chi connectivity index (χ0v) is 47.4. The minimum absolute atomic E-state index is 0.563. The van der Waals surface area contributed by atoms with Crippen LogP contribution < -0.4 is 0 Å². The molecule has 88 heavy (non-hydrogen) atoms. The molecular weight excluding hydrogens is 1070 g/mol. The van der Waals surface area contributed by atoms with E-state index in [1.54, 1.807) is 0 Å². The first-order valence-corrected chi connectivity index (χ1v) is 29.3. The average molecular weight is 1120 g/mol. The lowest BCUT2D eigenvalue weighted by Crippen LogP contribution is -2.03. The van der Waals surface area contributed by atoms with Gasteiger partial charge in [-0.05, 0) is 165 Å². The maximum atomic E-state index is 10.5. The van der Waals surface area contributed by atoms with E-state index in [-0.39, 0.29) is 0 Å². The van der Waals surface area contributed by atoms with E-state index >= 15 is 0 Å². The summed E-state index contributed by atoms with van der Waals surface area (Å²) in [4.78, 5) is 24.7. The minimum atomic E-state index is 0.563. The largest absolute Gasteiger partial charge is 0.307 e. The van der Waals surface area contributed by atoms with E-state index in [0.717, 1.165) is 156 Å². The maximum Gasteiger partial charge on any atom is 0.138 e. The Labute approximate surface area is 507 Å². The van der Waals surface area contributed by atoms with Crippen LogP contribution in [-0.4, -0.2) is 34.1 Å². The Morgan fingerprint density at radius 1 is 0.261 bits per heavy atom. The molecule has 0 aliphatic heterocycles. The van der Waals surface area contributed by atoms with Gasteiger partial charge in [0.25, 0.3) is 0 Å². The molecule has 9 aromatic carbocycles. The van der Waals surface area contributed by atoms with E-state index in [1.165, 1.54) is 0 Å². The molecule has 0 unspecified atom stereocenters. The van der Waals surface area contributed by atoms with Crippen LogP contribution in [0.3, 0.4) is 0 Å². The summed E-state index contributed by atoms with van der Waals surface area (Å²) in [5, 5.41) is 14.8. The van der Waals surface area contributed by atoms with Crippen LogP contribution in [0.25, 0.3) is 156 Å². The first-order chi connectivity index (χ1) is 43.5. The van der Waals surface area contributed by atoms with Gasteiger partial charge in [-0.3, -0.25) is 24.5 Å². The molecule has 0 atom stereocenters. The zero-order valence-electron chi connectivity index (χ0n) is 47.4. The van der Waals surface area contributed by atoms with Crippen molar-refractivity contribution < 1.29 is 0 Å². The molecule has 8 heteroatoms. The quantitative estimate of drug-likeness (QED) is 0.128. The predicted octanol–water partition coefficient (Wildman–Crippen LogP) is 19.7. The molecule has 0 radical (unpaired) electrons. The molecule has 7 heterocycles. The van der Waals surface area contributed by atoms with Gasteiger partial charge in [-0.25, -0.2) is 4.98 Å². The van der Waals surface area contributed by atoms with Crippen molar-refractivity contribution in [1.29, 1.82) is 5.26 Å². The Morgan fingerprint density at radius 3 is 0.943 bits per heavy atom. The molecule has 0 aliphatic carbocycles. The highest BCUT2D eigenvalue weighted by atomic mass is 15.1. The smallest absolute Gasteiger partial charge is 0.138 e. The molecule has 0 saturated carbocycles. The Kier molecular flexibility index (Phi) is 12.7. The maximum absolute atomic E-state index is 10.5. The summed E-state index contributed by atoms with van der Waals surface area (Å²) in [6, 6.07) is 97.8.